The van der Waals surface area contributed by atoms with Crippen molar-refractivity contribution in [3.05, 3.63) is 0 Å². The Hall–Kier alpha value is -0.650. The lowest BCUT2D eigenvalue weighted by Crippen LogP contribution is -2.45. The van der Waals surface area contributed by atoms with Gasteiger partial charge in [0.1, 0.15) is 6.10 Å². The number of carbonyl (C=O) groups is 1. The third-order valence-electron chi connectivity index (χ3n) is 2.83. The van der Waals surface area contributed by atoms with Gasteiger partial charge in [0.25, 0.3) is 0 Å². The number of ether oxygens (including phenoxy) is 2. The first-order chi connectivity index (χ1) is 7.99. The fourth-order valence-electron chi connectivity index (χ4n) is 1.33. The Morgan fingerprint density at radius 1 is 1.53 bits per heavy atom. The van der Waals surface area contributed by atoms with Gasteiger partial charge >= 0.3 is 0 Å². The van der Waals surface area contributed by atoms with E-state index < -0.39 is 11.7 Å². The molecule has 0 bridgehead atoms. The smallest absolute Gasteiger partial charge is 0.248 e. The first-order valence-corrected chi connectivity index (χ1v) is 6.13. The molecule has 0 aromatic rings. The topological polar surface area (TPSA) is 73.6 Å². The molecule has 0 aliphatic carbocycles. The largest absolute Gasteiger partial charge is 0.385 e. The normalized spacial score (nSPS) is 16.3. The van der Waals surface area contributed by atoms with E-state index >= 15 is 0 Å². The summed E-state index contributed by atoms with van der Waals surface area (Å²) in [5.74, 6) is -0.103. The quantitative estimate of drug-likeness (QED) is 0.587. The van der Waals surface area contributed by atoms with Crippen LogP contribution in [0.2, 0.25) is 0 Å². The van der Waals surface area contributed by atoms with Gasteiger partial charge in [0.2, 0.25) is 5.91 Å². The zero-order valence-electron chi connectivity index (χ0n) is 11.4. The molecule has 2 unspecified atom stereocenters. The molecular formula is C12H26N2O3. The average Bonchev–Trinajstić information content (AvgIpc) is 2.34. The van der Waals surface area contributed by atoms with Crippen LogP contribution in [0.4, 0.5) is 0 Å². The molecule has 0 heterocycles. The number of nitrogens with two attached hydrogens (primary N) is 1. The summed E-state index contributed by atoms with van der Waals surface area (Å²) in [5.41, 5.74) is 5.21. The number of hydrogen-bond donors (Lipinski definition) is 2. The van der Waals surface area contributed by atoms with Crippen molar-refractivity contribution in [1.29, 1.82) is 0 Å². The molecule has 0 rings (SSSR count). The highest BCUT2D eigenvalue weighted by Crippen LogP contribution is 2.15. The fraction of sp³-hybridized carbons (Fsp3) is 0.917. The van der Waals surface area contributed by atoms with Crippen LogP contribution >= 0.6 is 0 Å². The molecule has 0 saturated carbocycles. The highest BCUT2D eigenvalue weighted by Gasteiger charge is 2.26. The highest BCUT2D eigenvalue weighted by molar-refractivity contribution is 5.80. The van der Waals surface area contributed by atoms with Crippen LogP contribution in [0.3, 0.4) is 0 Å². The van der Waals surface area contributed by atoms with Crippen molar-refractivity contribution in [2.24, 2.45) is 5.73 Å². The second-order valence-corrected chi connectivity index (χ2v) is 4.41. The zero-order chi connectivity index (χ0) is 13.3. The molecule has 0 aliphatic rings. The van der Waals surface area contributed by atoms with Crippen molar-refractivity contribution >= 4 is 5.91 Å². The fourth-order valence-corrected chi connectivity index (χ4v) is 1.33. The van der Waals surface area contributed by atoms with Gasteiger partial charge in [-0.05, 0) is 26.7 Å². The molecule has 0 aromatic carbocycles. The Bertz CT molecular complexity index is 218. The number of hydrogen-bond acceptors (Lipinski definition) is 4. The van der Waals surface area contributed by atoms with Crippen molar-refractivity contribution in [1.82, 2.24) is 5.32 Å². The van der Waals surface area contributed by atoms with E-state index in [-0.39, 0.29) is 5.91 Å². The van der Waals surface area contributed by atoms with E-state index in [1.807, 2.05) is 13.8 Å². The van der Waals surface area contributed by atoms with Gasteiger partial charge in [-0.3, -0.25) is 4.79 Å². The van der Waals surface area contributed by atoms with Crippen LogP contribution in [0.1, 0.15) is 33.6 Å². The molecule has 0 fully saturated rings. The number of methoxy groups -OCH3 is 1. The van der Waals surface area contributed by atoms with E-state index in [2.05, 4.69) is 5.32 Å². The predicted molar refractivity (Wildman–Crippen MR) is 67.8 cm³/mol. The Morgan fingerprint density at radius 3 is 2.65 bits per heavy atom. The Kier molecular flexibility index (Phi) is 8.12. The molecule has 0 aliphatic heterocycles. The molecule has 102 valence electrons. The van der Waals surface area contributed by atoms with E-state index in [1.54, 1.807) is 14.0 Å². The SMILES string of the molecule is CCC(C)(CN)OC(C)C(=O)NCCCOC. The van der Waals surface area contributed by atoms with Crippen LogP contribution in [0.5, 0.6) is 0 Å². The second kappa shape index (κ2) is 8.44. The first-order valence-electron chi connectivity index (χ1n) is 6.13. The maximum Gasteiger partial charge on any atom is 0.248 e. The molecule has 0 spiro atoms. The summed E-state index contributed by atoms with van der Waals surface area (Å²) in [7, 11) is 1.64. The number of carbonyl (C=O) groups excluding carboxylic acids is 1. The average molecular weight is 246 g/mol. The van der Waals surface area contributed by atoms with E-state index in [9.17, 15) is 4.79 Å². The Morgan fingerprint density at radius 2 is 2.18 bits per heavy atom. The highest BCUT2D eigenvalue weighted by atomic mass is 16.5. The molecule has 2 atom stereocenters. The summed E-state index contributed by atoms with van der Waals surface area (Å²) in [5, 5.41) is 2.80. The summed E-state index contributed by atoms with van der Waals surface area (Å²) < 4.78 is 10.6. The van der Waals surface area contributed by atoms with Gasteiger partial charge in [-0.2, -0.15) is 0 Å². The molecule has 0 radical (unpaired) electrons. The first kappa shape index (κ1) is 16.4. The maximum absolute atomic E-state index is 11.7. The third-order valence-corrected chi connectivity index (χ3v) is 2.83. The van der Waals surface area contributed by atoms with Gasteiger partial charge in [-0.1, -0.05) is 6.92 Å². The maximum atomic E-state index is 11.7. The minimum atomic E-state index is -0.481. The van der Waals surface area contributed by atoms with E-state index in [1.165, 1.54) is 0 Å². The van der Waals surface area contributed by atoms with Gasteiger partial charge in [0, 0.05) is 26.8 Å². The number of nitrogens with one attached hydrogen (secondary N) is 1. The van der Waals surface area contributed by atoms with Crippen molar-refractivity contribution < 1.29 is 14.3 Å². The van der Waals surface area contributed by atoms with Crippen LogP contribution in [-0.2, 0) is 14.3 Å². The molecule has 5 nitrogen and oxygen atoms in total. The summed E-state index contributed by atoms with van der Waals surface area (Å²) in [6, 6.07) is 0. The molecule has 3 N–H and O–H groups in total. The summed E-state index contributed by atoms with van der Waals surface area (Å²) in [6.07, 6.45) is 1.10. The van der Waals surface area contributed by atoms with Gasteiger partial charge in [0.15, 0.2) is 0 Å². The van der Waals surface area contributed by atoms with Crippen molar-refractivity contribution in [2.75, 3.05) is 26.8 Å². The standard InChI is InChI=1S/C12H26N2O3/c1-5-12(3,9-13)17-10(2)11(15)14-7-6-8-16-4/h10H,5-9,13H2,1-4H3,(H,14,15). The van der Waals surface area contributed by atoms with Crippen molar-refractivity contribution in [3.8, 4) is 0 Å². The van der Waals surface area contributed by atoms with Crippen LogP contribution in [0.15, 0.2) is 0 Å². The lowest BCUT2D eigenvalue weighted by atomic mass is 10.0. The zero-order valence-corrected chi connectivity index (χ0v) is 11.4. The predicted octanol–water partition coefficient (Wildman–Crippen LogP) is 0.672. The molecule has 0 aromatic heterocycles. The van der Waals surface area contributed by atoms with Crippen LogP contribution < -0.4 is 11.1 Å². The van der Waals surface area contributed by atoms with Gasteiger partial charge in [-0.15, -0.1) is 0 Å². The van der Waals surface area contributed by atoms with Gasteiger partial charge in [-0.25, -0.2) is 0 Å². The Balaban J connectivity index is 3.96. The second-order valence-electron chi connectivity index (χ2n) is 4.41. The summed E-state index contributed by atoms with van der Waals surface area (Å²) in [4.78, 5) is 11.7. The lowest BCUT2D eigenvalue weighted by molar-refractivity contribution is -0.143. The lowest BCUT2D eigenvalue weighted by Gasteiger charge is -2.30. The summed E-state index contributed by atoms with van der Waals surface area (Å²) >= 11 is 0. The van der Waals surface area contributed by atoms with E-state index in [0.717, 1.165) is 12.8 Å². The molecular weight excluding hydrogens is 220 g/mol. The third kappa shape index (κ3) is 6.61. The summed E-state index contributed by atoms with van der Waals surface area (Å²) in [6.45, 7) is 7.31. The molecule has 5 heteroatoms. The van der Waals surface area contributed by atoms with Gasteiger partial charge < -0.3 is 20.5 Å². The molecule has 17 heavy (non-hydrogen) atoms. The van der Waals surface area contributed by atoms with Crippen LogP contribution in [0, 0.1) is 0 Å². The van der Waals surface area contributed by atoms with Crippen LogP contribution in [0.25, 0.3) is 0 Å². The van der Waals surface area contributed by atoms with Gasteiger partial charge in [0.05, 0.1) is 5.60 Å². The number of rotatable bonds is 9. The van der Waals surface area contributed by atoms with E-state index in [4.69, 9.17) is 15.2 Å². The van der Waals surface area contributed by atoms with Crippen molar-refractivity contribution in [3.63, 3.8) is 0 Å². The molecule has 1 amide bonds. The minimum absolute atomic E-state index is 0.103. The number of amides is 1. The van der Waals surface area contributed by atoms with E-state index in [0.29, 0.717) is 19.7 Å². The Labute approximate surface area is 104 Å². The van der Waals surface area contributed by atoms with Crippen LogP contribution in [-0.4, -0.2) is 44.4 Å². The molecule has 0 saturated heterocycles. The minimum Gasteiger partial charge on any atom is -0.385 e. The monoisotopic (exact) mass is 246 g/mol. The van der Waals surface area contributed by atoms with Crippen molar-refractivity contribution in [2.45, 2.75) is 45.3 Å².